The third-order valence-electron chi connectivity index (χ3n) is 5.35. The quantitative estimate of drug-likeness (QED) is 0.681. The van der Waals surface area contributed by atoms with Crippen molar-refractivity contribution in [1.29, 1.82) is 0 Å². The topological polar surface area (TPSA) is 77.5 Å². The molecule has 2 unspecified atom stereocenters. The lowest BCUT2D eigenvalue weighted by Gasteiger charge is -2.38. The Morgan fingerprint density at radius 1 is 1.03 bits per heavy atom. The summed E-state index contributed by atoms with van der Waals surface area (Å²) in [4.78, 5) is -0.382. The highest BCUT2D eigenvalue weighted by molar-refractivity contribution is 7.92. The summed E-state index contributed by atoms with van der Waals surface area (Å²) in [5.74, 6) is 0. The summed E-state index contributed by atoms with van der Waals surface area (Å²) in [6, 6.07) is 9.82. The molecule has 10 heteroatoms. The average molecular weight is 463 g/mol. The molecular weight excluding hydrogens is 441 g/mol. The van der Waals surface area contributed by atoms with Crippen LogP contribution in [0.15, 0.2) is 58.3 Å². The Bertz CT molecular complexity index is 1160. The molecule has 0 saturated carbocycles. The van der Waals surface area contributed by atoms with Gasteiger partial charge in [-0.25, -0.2) is 16.8 Å². The molecular formula is C20H21F3O5S2. The van der Waals surface area contributed by atoms with Gasteiger partial charge in [0.15, 0.2) is 19.7 Å². The van der Waals surface area contributed by atoms with E-state index in [4.69, 9.17) is 4.74 Å². The van der Waals surface area contributed by atoms with Gasteiger partial charge in [0, 0.05) is 12.9 Å². The number of hydrogen-bond donors (Lipinski definition) is 0. The van der Waals surface area contributed by atoms with Crippen molar-refractivity contribution in [3.05, 3.63) is 59.7 Å². The molecule has 1 fully saturated rings. The van der Waals surface area contributed by atoms with E-state index in [9.17, 15) is 30.0 Å². The van der Waals surface area contributed by atoms with Gasteiger partial charge in [0.2, 0.25) is 0 Å². The number of ether oxygens (including phenoxy) is 1. The Balaban J connectivity index is 2.02. The van der Waals surface area contributed by atoms with Crippen LogP contribution >= 0.6 is 0 Å². The van der Waals surface area contributed by atoms with E-state index >= 15 is 0 Å². The molecule has 1 heterocycles. The predicted molar refractivity (Wildman–Crippen MR) is 105 cm³/mol. The maximum atomic E-state index is 13.3. The molecule has 0 aliphatic carbocycles. The van der Waals surface area contributed by atoms with Crippen LogP contribution < -0.4 is 0 Å². The lowest BCUT2D eigenvalue weighted by atomic mass is 9.92. The molecule has 0 bridgehead atoms. The fourth-order valence-electron chi connectivity index (χ4n) is 3.62. The van der Waals surface area contributed by atoms with Gasteiger partial charge in [-0.3, -0.25) is 0 Å². The zero-order chi connectivity index (χ0) is 22.4. The van der Waals surface area contributed by atoms with E-state index in [0.29, 0.717) is 11.6 Å². The number of benzene rings is 2. The van der Waals surface area contributed by atoms with Crippen molar-refractivity contribution < 1.29 is 34.7 Å². The zero-order valence-corrected chi connectivity index (χ0v) is 17.9. The molecule has 3 rings (SSSR count). The van der Waals surface area contributed by atoms with Gasteiger partial charge in [-0.1, -0.05) is 24.3 Å². The highest BCUT2D eigenvalue weighted by atomic mass is 32.2. The van der Waals surface area contributed by atoms with E-state index in [1.807, 2.05) is 0 Å². The summed E-state index contributed by atoms with van der Waals surface area (Å²) < 4.78 is 94.3. The average Bonchev–Trinajstić information content (AvgIpc) is 2.67. The van der Waals surface area contributed by atoms with E-state index < -0.39 is 47.2 Å². The van der Waals surface area contributed by atoms with Gasteiger partial charge in [-0.2, -0.15) is 13.2 Å². The third kappa shape index (κ3) is 4.26. The largest absolute Gasteiger partial charge is 0.416 e. The molecule has 0 spiro atoms. The molecule has 1 saturated heterocycles. The Morgan fingerprint density at radius 2 is 1.70 bits per heavy atom. The summed E-state index contributed by atoms with van der Waals surface area (Å²) in [5, 5.41) is 0. The van der Waals surface area contributed by atoms with Crippen molar-refractivity contribution in [2.45, 2.75) is 46.6 Å². The maximum absolute atomic E-state index is 13.3. The summed E-state index contributed by atoms with van der Waals surface area (Å²) in [6.07, 6.45) is -4.46. The van der Waals surface area contributed by atoms with Crippen molar-refractivity contribution in [3.63, 3.8) is 0 Å². The summed E-state index contributed by atoms with van der Waals surface area (Å²) in [6.45, 7) is 1.48. The number of hydrogen-bond acceptors (Lipinski definition) is 5. The fraction of sp³-hybridized carbons (Fsp3) is 0.400. The smallest absolute Gasteiger partial charge is 0.373 e. The molecule has 30 heavy (non-hydrogen) atoms. The highest BCUT2D eigenvalue weighted by Gasteiger charge is 2.46. The molecule has 0 amide bonds. The van der Waals surface area contributed by atoms with Crippen molar-refractivity contribution in [3.8, 4) is 0 Å². The minimum Gasteiger partial charge on any atom is -0.373 e. The molecule has 164 valence electrons. The van der Waals surface area contributed by atoms with Crippen LogP contribution in [-0.4, -0.2) is 34.4 Å². The summed E-state index contributed by atoms with van der Waals surface area (Å²) in [7, 11) is -7.75. The second-order valence-electron chi connectivity index (χ2n) is 7.60. The van der Waals surface area contributed by atoms with Gasteiger partial charge >= 0.3 is 6.18 Å². The van der Waals surface area contributed by atoms with Crippen LogP contribution in [0.4, 0.5) is 13.2 Å². The maximum Gasteiger partial charge on any atom is 0.416 e. The molecule has 5 nitrogen and oxygen atoms in total. The van der Waals surface area contributed by atoms with Gasteiger partial charge in [-0.15, -0.1) is 0 Å². The summed E-state index contributed by atoms with van der Waals surface area (Å²) in [5.41, 5.74) is -0.705. The van der Waals surface area contributed by atoms with Crippen molar-refractivity contribution >= 4 is 19.7 Å². The Kier molecular flexibility index (Phi) is 5.81. The molecule has 0 aromatic heterocycles. The monoisotopic (exact) mass is 462 g/mol. The van der Waals surface area contributed by atoms with Crippen LogP contribution in [0, 0.1) is 0 Å². The number of alkyl halides is 3. The van der Waals surface area contributed by atoms with Gasteiger partial charge in [-0.05, 0) is 49.6 Å². The van der Waals surface area contributed by atoms with Gasteiger partial charge in [0.1, 0.15) is 0 Å². The van der Waals surface area contributed by atoms with Crippen molar-refractivity contribution in [2.24, 2.45) is 0 Å². The van der Waals surface area contributed by atoms with Crippen LogP contribution in [0.3, 0.4) is 0 Å². The van der Waals surface area contributed by atoms with Gasteiger partial charge in [0.05, 0.1) is 26.2 Å². The third-order valence-corrected chi connectivity index (χ3v) is 9.07. The van der Waals surface area contributed by atoms with Crippen LogP contribution in [0.2, 0.25) is 0 Å². The molecule has 1 aliphatic rings. The number of rotatable bonds is 4. The van der Waals surface area contributed by atoms with Crippen LogP contribution in [0.25, 0.3) is 0 Å². The van der Waals surface area contributed by atoms with E-state index in [0.717, 1.165) is 24.5 Å². The fourth-order valence-corrected chi connectivity index (χ4v) is 6.41. The van der Waals surface area contributed by atoms with E-state index in [2.05, 4.69) is 0 Å². The second-order valence-corrected chi connectivity index (χ2v) is 12.1. The molecule has 1 aliphatic heterocycles. The predicted octanol–water partition coefficient (Wildman–Crippen LogP) is 4.19. The first-order valence-corrected chi connectivity index (χ1v) is 12.5. The van der Waals surface area contributed by atoms with E-state index in [1.54, 1.807) is 18.2 Å². The normalized spacial score (nSPS) is 23.3. The van der Waals surface area contributed by atoms with Crippen LogP contribution in [-0.2, 0) is 30.6 Å². The van der Waals surface area contributed by atoms with Crippen LogP contribution in [0.1, 0.15) is 37.0 Å². The number of halogens is 3. The Morgan fingerprint density at radius 3 is 2.33 bits per heavy atom. The molecule has 2 aromatic carbocycles. The molecule has 0 radical (unpaired) electrons. The van der Waals surface area contributed by atoms with E-state index in [1.165, 1.54) is 13.0 Å². The molecule has 2 aromatic rings. The zero-order valence-electron chi connectivity index (χ0n) is 16.3. The van der Waals surface area contributed by atoms with E-state index in [-0.39, 0.29) is 24.3 Å². The highest BCUT2D eigenvalue weighted by Crippen LogP contribution is 2.43. The van der Waals surface area contributed by atoms with Crippen LogP contribution in [0.5, 0.6) is 0 Å². The minimum atomic E-state index is -4.67. The lowest BCUT2D eigenvalue weighted by Crippen LogP contribution is -2.42. The standard InChI is InChI=1S/C20H21F3O5S2/c1-19(30(26,27)15-7-5-6-14(12-15)20(21,22)23)10-11-28-17(13-19)16-8-3-4-9-18(16)29(2,24)25/h3-9,12,17H,10-11,13H2,1-2H3. The van der Waals surface area contributed by atoms with Crippen molar-refractivity contribution in [1.82, 2.24) is 0 Å². The lowest BCUT2D eigenvalue weighted by molar-refractivity contribution is -0.137. The number of sulfone groups is 2. The minimum absolute atomic E-state index is 0.0253. The van der Waals surface area contributed by atoms with Gasteiger partial charge < -0.3 is 4.74 Å². The first-order chi connectivity index (χ1) is 13.8. The Hall–Kier alpha value is -1.91. The molecule has 2 atom stereocenters. The first-order valence-electron chi connectivity index (χ1n) is 9.08. The summed E-state index contributed by atoms with van der Waals surface area (Å²) >= 11 is 0. The second kappa shape index (κ2) is 7.65. The first kappa shape index (κ1) is 22.8. The van der Waals surface area contributed by atoms with Crippen molar-refractivity contribution in [2.75, 3.05) is 12.9 Å². The van der Waals surface area contributed by atoms with Gasteiger partial charge in [0.25, 0.3) is 0 Å². The SMILES string of the molecule is CC1(S(=O)(=O)c2cccc(C(F)(F)F)c2)CCOC(c2ccccc2S(C)(=O)=O)C1. The molecule has 0 N–H and O–H groups in total. The Labute approximate surface area is 173 Å².